The van der Waals surface area contributed by atoms with Gasteiger partial charge in [0.1, 0.15) is 17.3 Å². The van der Waals surface area contributed by atoms with E-state index in [0.717, 1.165) is 24.2 Å². The molecular formula is C24H26FN3O3. The van der Waals surface area contributed by atoms with Crippen molar-refractivity contribution in [3.05, 3.63) is 77.4 Å². The van der Waals surface area contributed by atoms with E-state index in [-0.39, 0.29) is 12.0 Å². The number of rotatable bonds is 7. The van der Waals surface area contributed by atoms with Gasteiger partial charge in [-0.1, -0.05) is 30.3 Å². The maximum atomic E-state index is 14.3. The van der Waals surface area contributed by atoms with Crippen LogP contribution in [-0.4, -0.2) is 47.0 Å². The third kappa shape index (κ3) is 4.46. The number of hydrogen-bond donors (Lipinski definition) is 0. The molecule has 0 bridgehead atoms. The molecular weight excluding hydrogens is 397 g/mol. The number of benzene rings is 2. The van der Waals surface area contributed by atoms with Crippen molar-refractivity contribution in [3.8, 4) is 11.4 Å². The average molecular weight is 423 g/mol. The summed E-state index contributed by atoms with van der Waals surface area (Å²) < 4.78 is 27.0. The van der Waals surface area contributed by atoms with Gasteiger partial charge in [0.15, 0.2) is 0 Å². The summed E-state index contributed by atoms with van der Waals surface area (Å²) in [5.41, 5.74) is 2.26. The van der Waals surface area contributed by atoms with Gasteiger partial charge in [-0.2, -0.15) is 5.10 Å². The van der Waals surface area contributed by atoms with Crippen molar-refractivity contribution in [1.29, 1.82) is 0 Å². The number of para-hydroxylation sites is 2. The molecule has 1 saturated heterocycles. The number of carbonyl (C=O) groups is 1. The third-order valence-electron chi connectivity index (χ3n) is 5.61. The van der Waals surface area contributed by atoms with Gasteiger partial charge in [0, 0.05) is 25.3 Å². The Morgan fingerprint density at radius 1 is 1.26 bits per heavy atom. The predicted octanol–water partition coefficient (Wildman–Crippen LogP) is 4.15. The molecule has 1 unspecified atom stereocenters. The molecule has 0 spiro atoms. The van der Waals surface area contributed by atoms with E-state index in [4.69, 9.17) is 9.47 Å². The Balaban J connectivity index is 1.65. The van der Waals surface area contributed by atoms with Crippen LogP contribution in [0.3, 0.4) is 0 Å². The highest BCUT2D eigenvalue weighted by atomic mass is 19.1. The Bertz CT molecular complexity index is 1060. The van der Waals surface area contributed by atoms with Crippen LogP contribution in [0.4, 0.5) is 4.39 Å². The lowest BCUT2D eigenvalue weighted by Crippen LogP contribution is -2.37. The quantitative estimate of drug-likeness (QED) is 0.573. The summed E-state index contributed by atoms with van der Waals surface area (Å²) in [6.45, 7) is 3.35. The molecule has 1 aliphatic heterocycles. The van der Waals surface area contributed by atoms with Crippen LogP contribution in [0, 0.1) is 12.7 Å². The van der Waals surface area contributed by atoms with E-state index in [1.165, 1.54) is 16.9 Å². The van der Waals surface area contributed by atoms with Crippen molar-refractivity contribution < 1.29 is 18.7 Å². The topological polar surface area (TPSA) is 56.6 Å². The van der Waals surface area contributed by atoms with Crippen molar-refractivity contribution >= 4 is 5.91 Å². The van der Waals surface area contributed by atoms with Crippen LogP contribution in [0.2, 0.25) is 0 Å². The molecule has 0 saturated carbocycles. The number of carbonyl (C=O) groups excluding carboxylic acids is 1. The molecule has 1 amide bonds. The molecule has 31 heavy (non-hydrogen) atoms. The first-order valence-corrected chi connectivity index (χ1v) is 10.4. The lowest BCUT2D eigenvalue weighted by Gasteiger charge is -2.26. The molecule has 3 aromatic rings. The minimum absolute atomic E-state index is 0.000533. The second-order valence-corrected chi connectivity index (χ2v) is 7.64. The summed E-state index contributed by atoms with van der Waals surface area (Å²) in [6, 6.07) is 14.0. The van der Waals surface area contributed by atoms with Crippen molar-refractivity contribution in [3.63, 3.8) is 0 Å². The summed E-state index contributed by atoms with van der Waals surface area (Å²) in [5, 5.41) is 4.30. The van der Waals surface area contributed by atoms with Crippen LogP contribution >= 0.6 is 0 Å². The van der Waals surface area contributed by atoms with Crippen molar-refractivity contribution in [1.82, 2.24) is 14.7 Å². The molecule has 2 aromatic carbocycles. The molecule has 0 N–H and O–H groups in total. The number of ether oxygens (including phenoxy) is 2. The SMILES string of the molecule is COc1ccccc1CN(CC1CCCO1)C(=O)c1cnn(-c2ccccc2F)c1C. The van der Waals surface area contributed by atoms with Gasteiger partial charge in [0.2, 0.25) is 0 Å². The Hall–Kier alpha value is -3.19. The van der Waals surface area contributed by atoms with Gasteiger partial charge in [0.05, 0.1) is 30.7 Å². The minimum atomic E-state index is -0.391. The average Bonchev–Trinajstić information content (AvgIpc) is 3.43. The fraction of sp³-hybridized carbons (Fsp3) is 0.333. The Kier molecular flexibility index (Phi) is 6.32. The number of amides is 1. The van der Waals surface area contributed by atoms with Gasteiger partial charge >= 0.3 is 0 Å². The zero-order valence-corrected chi connectivity index (χ0v) is 17.8. The second-order valence-electron chi connectivity index (χ2n) is 7.64. The van der Waals surface area contributed by atoms with Crippen LogP contribution in [-0.2, 0) is 11.3 Å². The predicted molar refractivity (Wildman–Crippen MR) is 115 cm³/mol. The Labute approximate surface area is 181 Å². The molecule has 162 valence electrons. The van der Waals surface area contributed by atoms with Crippen LogP contribution in [0.5, 0.6) is 5.75 Å². The summed E-state index contributed by atoms with van der Waals surface area (Å²) in [5.74, 6) is 0.172. The maximum absolute atomic E-state index is 14.3. The standard InChI is InChI=1S/C24H26FN3O3/c1-17-20(14-26-28(17)22-11-5-4-10-21(22)25)24(29)27(16-19-9-7-13-31-19)15-18-8-3-6-12-23(18)30-2/h3-6,8,10-12,14,19H,7,9,13,15-16H2,1-2H3. The van der Waals surface area contributed by atoms with E-state index < -0.39 is 5.82 Å². The van der Waals surface area contributed by atoms with Gasteiger partial charge in [-0.15, -0.1) is 0 Å². The number of halogens is 1. The fourth-order valence-electron chi connectivity index (χ4n) is 3.95. The lowest BCUT2D eigenvalue weighted by molar-refractivity contribution is 0.0505. The van der Waals surface area contributed by atoms with E-state index in [2.05, 4.69) is 5.10 Å². The molecule has 1 aliphatic rings. The van der Waals surface area contributed by atoms with Gasteiger partial charge in [-0.3, -0.25) is 4.79 Å². The van der Waals surface area contributed by atoms with Gasteiger partial charge in [0.25, 0.3) is 5.91 Å². The normalized spacial score (nSPS) is 15.8. The van der Waals surface area contributed by atoms with Crippen molar-refractivity contribution in [2.24, 2.45) is 0 Å². The Morgan fingerprint density at radius 2 is 2.03 bits per heavy atom. The summed E-state index contributed by atoms with van der Waals surface area (Å²) in [6.07, 6.45) is 3.42. The first-order valence-electron chi connectivity index (χ1n) is 10.4. The molecule has 4 rings (SSSR count). The van der Waals surface area contributed by atoms with Crippen LogP contribution in [0.15, 0.2) is 54.7 Å². The summed E-state index contributed by atoms with van der Waals surface area (Å²) >= 11 is 0. The van der Waals surface area contributed by atoms with E-state index in [1.807, 2.05) is 24.3 Å². The summed E-state index contributed by atoms with van der Waals surface area (Å²) in [7, 11) is 1.62. The van der Waals surface area contributed by atoms with Crippen LogP contribution in [0.1, 0.15) is 34.5 Å². The van der Waals surface area contributed by atoms with Gasteiger partial charge in [-0.25, -0.2) is 9.07 Å². The highest BCUT2D eigenvalue weighted by molar-refractivity contribution is 5.95. The third-order valence-corrected chi connectivity index (χ3v) is 5.61. The first-order chi connectivity index (χ1) is 15.1. The maximum Gasteiger partial charge on any atom is 0.257 e. The minimum Gasteiger partial charge on any atom is -0.496 e. The molecule has 1 aromatic heterocycles. The summed E-state index contributed by atoms with van der Waals surface area (Å²) in [4.78, 5) is 15.3. The van der Waals surface area contributed by atoms with E-state index in [0.29, 0.717) is 36.6 Å². The van der Waals surface area contributed by atoms with E-state index in [1.54, 1.807) is 37.1 Å². The second kappa shape index (κ2) is 9.31. The molecule has 2 heterocycles. The lowest BCUT2D eigenvalue weighted by atomic mass is 10.1. The van der Waals surface area contributed by atoms with E-state index in [9.17, 15) is 9.18 Å². The number of methoxy groups -OCH3 is 1. The molecule has 7 heteroatoms. The highest BCUT2D eigenvalue weighted by Gasteiger charge is 2.27. The van der Waals surface area contributed by atoms with Crippen LogP contribution < -0.4 is 4.74 Å². The monoisotopic (exact) mass is 423 g/mol. The number of nitrogens with zero attached hydrogens (tertiary/aromatic N) is 3. The highest BCUT2D eigenvalue weighted by Crippen LogP contribution is 2.24. The van der Waals surface area contributed by atoms with Crippen LogP contribution in [0.25, 0.3) is 5.69 Å². The number of aromatic nitrogens is 2. The van der Waals surface area contributed by atoms with Gasteiger partial charge < -0.3 is 14.4 Å². The first kappa shape index (κ1) is 21.1. The molecule has 6 nitrogen and oxygen atoms in total. The smallest absolute Gasteiger partial charge is 0.257 e. The van der Waals surface area contributed by atoms with Gasteiger partial charge in [-0.05, 0) is 38.0 Å². The molecule has 1 atom stereocenters. The molecule has 0 radical (unpaired) electrons. The van der Waals surface area contributed by atoms with E-state index >= 15 is 0 Å². The number of hydrogen-bond acceptors (Lipinski definition) is 4. The molecule has 0 aliphatic carbocycles. The zero-order chi connectivity index (χ0) is 21.8. The largest absolute Gasteiger partial charge is 0.496 e. The van der Waals surface area contributed by atoms with Crippen molar-refractivity contribution in [2.45, 2.75) is 32.4 Å². The van der Waals surface area contributed by atoms with Crippen molar-refractivity contribution in [2.75, 3.05) is 20.3 Å². The Morgan fingerprint density at radius 3 is 2.77 bits per heavy atom. The fourth-order valence-corrected chi connectivity index (χ4v) is 3.95. The molecule has 1 fully saturated rings. The zero-order valence-electron chi connectivity index (χ0n) is 17.8.